The van der Waals surface area contributed by atoms with Crippen LogP contribution in [0.25, 0.3) is 0 Å². The van der Waals surface area contributed by atoms with E-state index in [2.05, 4.69) is 27.7 Å². The van der Waals surface area contributed by atoms with Gasteiger partial charge in [-0.15, -0.1) is 0 Å². The first-order valence-corrected chi connectivity index (χ1v) is 7.82. The Balaban J connectivity index is 2.35. The summed E-state index contributed by atoms with van der Waals surface area (Å²) in [5, 5.41) is 9.64. The smallest absolute Gasteiger partial charge is 0.315 e. The van der Waals surface area contributed by atoms with Crippen molar-refractivity contribution in [3.8, 4) is 0 Å². The molecule has 0 atom stereocenters. The highest BCUT2D eigenvalue weighted by Crippen LogP contribution is 2.28. The summed E-state index contributed by atoms with van der Waals surface area (Å²) in [5.41, 5.74) is 4.11. The minimum Gasteiger partial charge on any atom is -0.481 e. The molecule has 22 heavy (non-hydrogen) atoms. The highest BCUT2D eigenvalue weighted by Gasteiger charge is 2.22. The Bertz CT molecular complexity index is 570. The van der Waals surface area contributed by atoms with E-state index in [-0.39, 0.29) is 0 Å². The minimum absolute atomic E-state index is 0.447. The van der Waals surface area contributed by atoms with Crippen LogP contribution < -0.4 is 0 Å². The van der Waals surface area contributed by atoms with Crippen LogP contribution in [0.15, 0.2) is 48.5 Å². The molecule has 0 aliphatic carbocycles. The van der Waals surface area contributed by atoms with E-state index in [9.17, 15) is 9.90 Å². The third kappa shape index (κ3) is 3.56. The molecule has 116 valence electrons. The summed E-state index contributed by atoms with van der Waals surface area (Å²) in [4.78, 5) is 11.7. The Hall–Kier alpha value is -2.09. The van der Waals surface area contributed by atoms with E-state index in [1.807, 2.05) is 48.5 Å². The number of carbonyl (C=O) groups is 1. The fraction of sp³-hybridized carbons (Fsp3) is 0.350. The molecule has 2 aromatic carbocycles. The molecule has 0 aliphatic heterocycles. The number of benzene rings is 2. The molecule has 0 spiro atoms. The highest BCUT2D eigenvalue weighted by molar-refractivity contribution is 5.80. The maximum atomic E-state index is 11.7. The van der Waals surface area contributed by atoms with Crippen LogP contribution in [0.4, 0.5) is 0 Å². The lowest BCUT2D eigenvalue weighted by molar-refractivity contribution is -0.137. The van der Waals surface area contributed by atoms with Gasteiger partial charge in [-0.2, -0.15) is 0 Å². The summed E-state index contributed by atoms with van der Waals surface area (Å²) in [7, 11) is 0. The van der Waals surface area contributed by atoms with Gasteiger partial charge in [-0.05, 0) is 34.1 Å². The number of carboxylic acids is 1. The first-order valence-electron chi connectivity index (χ1n) is 7.82. The first-order chi connectivity index (χ1) is 10.4. The van der Waals surface area contributed by atoms with Gasteiger partial charge in [-0.1, -0.05) is 76.2 Å². The summed E-state index contributed by atoms with van der Waals surface area (Å²) in [5.74, 6) is -0.526. The molecule has 0 amide bonds. The van der Waals surface area contributed by atoms with Gasteiger partial charge < -0.3 is 5.11 Å². The number of hydrogen-bond donors (Lipinski definition) is 1. The average molecular weight is 296 g/mol. The summed E-state index contributed by atoms with van der Waals surface area (Å²) in [6.07, 6.45) is 0. The number of hydrogen-bond acceptors (Lipinski definition) is 1. The normalized spacial score (nSPS) is 11.4. The number of aliphatic carboxylic acids is 1. The van der Waals surface area contributed by atoms with E-state index in [0.29, 0.717) is 11.8 Å². The van der Waals surface area contributed by atoms with E-state index >= 15 is 0 Å². The predicted molar refractivity (Wildman–Crippen MR) is 90.5 cm³/mol. The largest absolute Gasteiger partial charge is 0.481 e. The van der Waals surface area contributed by atoms with Crippen molar-refractivity contribution in [2.24, 2.45) is 0 Å². The van der Waals surface area contributed by atoms with Crippen LogP contribution in [0.5, 0.6) is 0 Å². The van der Waals surface area contributed by atoms with Crippen LogP contribution in [0.3, 0.4) is 0 Å². The molecule has 0 saturated heterocycles. The minimum atomic E-state index is -0.811. The molecule has 0 aliphatic rings. The van der Waals surface area contributed by atoms with E-state index in [0.717, 1.165) is 11.1 Å². The maximum absolute atomic E-state index is 11.7. The second kappa shape index (κ2) is 6.78. The molecule has 2 rings (SSSR count). The first kappa shape index (κ1) is 16.3. The second-order valence-electron chi connectivity index (χ2n) is 6.41. The summed E-state index contributed by atoms with van der Waals surface area (Å²) in [6, 6.07) is 15.8. The Labute approximate surface area is 132 Å². The topological polar surface area (TPSA) is 37.3 Å². The molecule has 0 saturated carbocycles. The Morgan fingerprint density at radius 1 is 0.682 bits per heavy atom. The van der Waals surface area contributed by atoms with Crippen molar-refractivity contribution in [2.45, 2.75) is 45.4 Å². The van der Waals surface area contributed by atoms with E-state index < -0.39 is 11.9 Å². The van der Waals surface area contributed by atoms with Crippen molar-refractivity contribution < 1.29 is 9.90 Å². The van der Waals surface area contributed by atoms with Gasteiger partial charge in [0.05, 0.1) is 0 Å². The monoisotopic (exact) mass is 296 g/mol. The number of carboxylic acid groups (broad SMARTS) is 1. The van der Waals surface area contributed by atoms with E-state index in [1.165, 1.54) is 11.1 Å². The van der Waals surface area contributed by atoms with Gasteiger partial charge in [0.15, 0.2) is 0 Å². The Morgan fingerprint density at radius 2 is 0.955 bits per heavy atom. The molecule has 0 radical (unpaired) electrons. The zero-order chi connectivity index (χ0) is 16.3. The van der Waals surface area contributed by atoms with Crippen molar-refractivity contribution >= 4 is 5.97 Å². The lowest BCUT2D eigenvalue weighted by Gasteiger charge is -2.16. The zero-order valence-corrected chi connectivity index (χ0v) is 13.7. The molecule has 1 N–H and O–H groups in total. The summed E-state index contributed by atoms with van der Waals surface area (Å²) >= 11 is 0. The molecular weight excluding hydrogens is 272 g/mol. The molecule has 0 heterocycles. The summed E-state index contributed by atoms with van der Waals surface area (Å²) in [6.45, 7) is 8.53. The fourth-order valence-electron chi connectivity index (χ4n) is 2.62. The zero-order valence-electron chi connectivity index (χ0n) is 13.7. The van der Waals surface area contributed by atoms with Crippen molar-refractivity contribution in [1.82, 2.24) is 0 Å². The van der Waals surface area contributed by atoms with Crippen molar-refractivity contribution in [3.05, 3.63) is 70.8 Å². The lowest BCUT2D eigenvalue weighted by Crippen LogP contribution is -2.13. The van der Waals surface area contributed by atoms with Crippen LogP contribution >= 0.6 is 0 Å². The van der Waals surface area contributed by atoms with Gasteiger partial charge >= 0.3 is 5.97 Å². The average Bonchev–Trinajstić information content (AvgIpc) is 2.48. The van der Waals surface area contributed by atoms with Crippen LogP contribution in [0.2, 0.25) is 0 Å². The van der Waals surface area contributed by atoms with Gasteiger partial charge in [-0.25, -0.2) is 0 Å². The SMILES string of the molecule is CC(C)c1ccc(C(C(=O)O)c2ccc(C(C)C)cc2)cc1. The molecule has 2 nitrogen and oxygen atoms in total. The molecule has 2 aromatic rings. The third-order valence-electron chi connectivity index (χ3n) is 4.12. The molecular formula is C20H24O2. The van der Waals surface area contributed by atoms with Crippen molar-refractivity contribution in [2.75, 3.05) is 0 Å². The van der Waals surface area contributed by atoms with Gasteiger partial charge in [0.2, 0.25) is 0 Å². The van der Waals surface area contributed by atoms with Gasteiger partial charge in [0.25, 0.3) is 0 Å². The Kier molecular flexibility index (Phi) is 5.02. The van der Waals surface area contributed by atoms with E-state index in [1.54, 1.807) is 0 Å². The third-order valence-corrected chi connectivity index (χ3v) is 4.12. The standard InChI is InChI=1S/C20H24O2/c1-13(2)15-5-9-17(10-6-15)19(20(21)22)18-11-7-16(8-12-18)14(3)4/h5-14,19H,1-4H3,(H,21,22). The van der Waals surface area contributed by atoms with Crippen molar-refractivity contribution in [1.29, 1.82) is 0 Å². The molecule has 2 heteroatoms. The molecule has 0 unspecified atom stereocenters. The highest BCUT2D eigenvalue weighted by atomic mass is 16.4. The van der Waals surface area contributed by atoms with Gasteiger partial charge in [-0.3, -0.25) is 4.79 Å². The lowest BCUT2D eigenvalue weighted by atomic mass is 9.88. The number of rotatable bonds is 5. The predicted octanol–water partition coefficient (Wildman–Crippen LogP) is 5.15. The van der Waals surface area contributed by atoms with E-state index in [4.69, 9.17) is 0 Å². The molecule has 0 fully saturated rings. The molecule has 0 bridgehead atoms. The van der Waals surface area contributed by atoms with Crippen LogP contribution in [0, 0.1) is 0 Å². The second-order valence-corrected chi connectivity index (χ2v) is 6.41. The van der Waals surface area contributed by atoms with Crippen LogP contribution in [-0.2, 0) is 4.79 Å². The van der Waals surface area contributed by atoms with Crippen LogP contribution in [-0.4, -0.2) is 11.1 Å². The Morgan fingerprint density at radius 3 is 1.18 bits per heavy atom. The molecule has 0 aromatic heterocycles. The fourth-order valence-corrected chi connectivity index (χ4v) is 2.62. The maximum Gasteiger partial charge on any atom is 0.315 e. The van der Waals surface area contributed by atoms with Crippen molar-refractivity contribution in [3.63, 3.8) is 0 Å². The van der Waals surface area contributed by atoms with Gasteiger partial charge in [0, 0.05) is 0 Å². The quantitative estimate of drug-likeness (QED) is 0.828. The van der Waals surface area contributed by atoms with Gasteiger partial charge in [0.1, 0.15) is 5.92 Å². The van der Waals surface area contributed by atoms with Crippen LogP contribution in [0.1, 0.15) is 67.7 Å². The summed E-state index contributed by atoms with van der Waals surface area (Å²) < 4.78 is 0.